The number of nitrogens with one attached hydrogen (secondary N) is 1. The molecule has 0 bridgehead atoms. The summed E-state index contributed by atoms with van der Waals surface area (Å²) in [6.07, 6.45) is 7.86. The van der Waals surface area contributed by atoms with Gasteiger partial charge in [-0.1, -0.05) is 36.1 Å². The van der Waals surface area contributed by atoms with Gasteiger partial charge in [0.25, 0.3) is 5.56 Å². The van der Waals surface area contributed by atoms with E-state index in [4.69, 9.17) is 0 Å². The molecular weight excluding hydrogens is 288 g/mol. The van der Waals surface area contributed by atoms with Crippen LogP contribution >= 0.6 is 11.8 Å². The number of aromatic nitrogens is 4. The molecule has 7 heteroatoms. The average Bonchev–Trinajstić information content (AvgIpc) is 2.82. The van der Waals surface area contributed by atoms with Crippen molar-refractivity contribution in [1.82, 2.24) is 19.1 Å². The number of aryl methyl sites for hydroxylation is 1. The summed E-state index contributed by atoms with van der Waals surface area (Å²) in [6.45, 7) is 4.43. The molecule has 2 heterocycles. The smallest absolute Gasteiger partial charge is 0.309 e. The van der Waals surface area contributed by atoms with Gasteiger partial charge < -0.3 is 4.57 Å². The molecule has 0 aliphatic carbocycles. The fourth-order valence-corrected chi connectivity index (χ4v) is 2.83. The van der Waals surface area contributed by atoms with E-state index < -0.39 is 11.2 Å². The first-order valence-electron chi connectivity index (χ1n) is 6.64. The minimum Gasteiger partial charge on any atom is -0.309 e. The van der Waals surface area contributed by atoms with Gasteiger partial charge in [0.2, 0.25) is 0 Å². The first kappa shape index (κ1) is 15.4. The van der Waals surface area contributed by atoms with Gasteiger partial charge in [0.05, 0.1) is 0 Å². The van der Waals surface area contributed by atoms with Gasteiger partial charge in [-0.2, -0.15) is 0 Å². The summed E-state index contributed by atoms with van der Waals surface area (Å²) in [5.74, 6) is 0.765. The predicted molar refractivity (Wildman–Crippen MR) is 85.9 cm³/mol. The van der Waals surface area contributed by atoms with Crippen LogP contribution in [-0.2, 0) is 13.6 Å². The summed E-state index contributed by atoms with van der Waals surface area (Å²) < 4.78 is 3.20. The van der Waals surface area contributed by atoms with Gasteiger partial charge in [0.1, 0.15) is 0 Å². The Morgan fingerprint density at radius 2 is 1.95 bits per heavy atom. The van der Waals surface area contributed by atoms with Crippen LogP contribution in [0.4, 0.5) is 0 Å². The number of hydrogen-bond donors (Lipinski definition) is 1. The molecule has 0 radical (unpaired) electrons. The number of rotatable bonds is 5. The summed E-state index contributed by atoms with van der Waals surface area (Å²) in [5.41, 5.74) is -0.00872. The normalized spacial score (nSPS) is 12.1. The van der Waals surface area contributed by atoms with Crippen LogP contribution in [0.5, 0.6) is 0 Å². The van der Waals surface area contributed by atoms with Gasteiger partial charge in [-0.05, 0) is 13.8 Å². The number of fused-ring (bicyclic) bond motifs is 1. The van der Waals surface area contributed by atoms with E-state index in [1.54, 1.807) is 7.05 Å². The molecule has 0 atom stereocenters. The van der Waals surface area contributed by atoms with Crippen LogP contribution in [-0.4, -0.2) is 24.9 Å². The lowest BCUT2D eigenvalue weighted by atomic mass is 10.4. The highest BCUT2D eigenvalue weighted by Gasteiger charge is 2.16. The van der Waals surface area contributed by atoms with Crippen LogP contribution in [0.3, 0.4) is 0 Å². The first-order valence-corrected chi connectivity index (χ1v) is 7.63. The fraction of sp³-hybridized carbons (Fsp3) is 0.357. The van der Waals surface area contributed by atoms with Crippen LogP contribution in [0.2, 0.25) is 0 Å². The number of allylic oxidation sites excluding steroid dienone is 3. The molecule has 0 unspecified atom stereocenters. The van der Waals surface area contributed by atoms with E-state index >= 15 is 0 Å². The molecule has 2 rings (SSSR count). The van der Waals surface area contributed by atoms with E-state index in [0.29, 0.717) is 17.7 Å². The molecule has 0 fully saturated rings. The van der Waals surface area contributed by atoms with Crippen molar-refractivity contribution in [3.05, 3.63) is 45.1 Å². The molecule has 0 saturated heterocycles. The third-order valence-electron chi connectivity index (χ3n) is 3.04. The second kappa shape index (κ2) is 6.62. The number of H-pyrrole nitrogens is 1. The van der Waals surface area contributed by atoms with Gasteiger partial charge in [0, 0.05) is 19.3 Å². The molecule has 0 aliphatic heterocycles. The molecule has 6 nitrogen and oxygen atoms in total. The van der Waals surface area contributed by atoms with Crippen LogP contribution in [0.15, 0.2) is 39.0 Å². The maximum atomic E-state index is 12.1. The summed E-state index contributed by atoms with van der Waals surface area (Å²) in [5, 5.41) is 0.730. The minimum atomic E-state index is -0.451. The zero-order valence-corrected chi connectivity index (χ0v) is 13.1. The molecule has 0 saturated carbocycles. The number of thioether (sulfide) groups is 1. The monoisotopic (exact) mass is 306 g/mol. The Kier molecular flexibility index (Phi) is 4.85. The summed E-state index contributed by atoms with van der Waals surface area (Å²) in [7, 11) is 1.61. The Balaban J connectivity index is 2.66. The second-order valence-corrected chi connectivity index (χ2v) is 5.43. The Morgan fingerprint density at radius 1 is 1.24 bits per heavy atom. The van der Waals surface area contributed by atoms with Crippen LogP contribution < -0.4 is 11.2 Å². The molecule has 112 valence electrons. The Hall–Kier alpha value is -2.02. The molecule has 21 heavy (non-hydrogen) atoms. The van der Waals surface area contributed by atoms with E-state index in [1.807, 2.05) is 42.7 Å². The minimum absolute atomic E-state index is 0.400. The zero-order chi connectivity index (χ0) is 15.4. The molecule has 0 aromatic carbocycles. The van der Waals surface area contributed by atoms with Gasteiger partial charge >= 0.3 is 5.69 Å². The maximum absolute atomic E-state index is 12.1. The van der Waals surface area contributed by atoms with Crippen molar-refractivity contribution in [1.29, 1.82) is 0 Å². The Bertz CT molecular complexity index is 811. The molecule has 2 aromatic heterocycles. The molecular formula is C14H18N4O2S. The highest BCUT2D eigenvalue weighted by Crippen LogP contribution is 2.21. The van der Waals surface area contributed by atoms with Crippen molar-refractivity contribution in [2.24, 2.45) is 7.05 Å². The van der Waals surface area contributed by atoms with Crippen molar-refractivity contribution < 1.29 is 0 Å². The van der Waals surface area contributed by atoms with E-state index in [-0.39, 0.29) is 0 Å². The summed E-state index contributed by atoms with van der Waals surface area (Å²) in [4.78, 5) is 30.6. The third-order valence-corrected chi connectivity index (χ3v) is 3.97. The molecule has 0 aliphatic rings. The highest BCUT2D eigenvalue weighted by molar-refractivity contribution is 7.99. The molecule has 0 spiro atoms. The number of nitrogens with zero attached hydrogens (tertiary/aromatic N) is 3. The SMILES string of the molecule is CC=CCSc1nc2c(c(=O)[nH]c(=O)n2C)n1CC=CC. The second-order valence-electron chi connectivity index (χ2n) is 4.44. The van der Waals surface area contributed by atoms with E-state index in [0.717, 1.165) is 10.9 Å². The van der Waals surface area contributed by atoms with Crippen molar-refractivity contribution in [3.63, 3.8) is 0 Å². The van der Waals surface area contributed by atoms with Crippen molar-refractivity contribution in [2.45, 2.75) is 25.5 Å². The summed E-state index contributed by atoms with van der Waals surface area (Å²) in [6, 6.07) is 0. The van der Waals surface area contributed by atoms with Crippen molar-refractivity contribution in [2.75, 3.05) is 5.75 Å². The van der Waals surface area contributed by atoms with Crippen molar-refractivity contribution >= 4 is 22.9 Å². The number of imidazole rings is 1. The number of aromatic amines is 1. The lowest BCUT2D eigenvalue weighted by molar-refractivity contribution is 0.744. The van der Waals surface area contributed by atoms with E-state index in [1.165, 1.54) is 16.3 Å². The lowest BCUT2D eigenvalue weighted by Gasteiger charge is -2.04. The van der Waals surface area contributed by atoms with Crippen LogP contribution in [0.1, 0.15) is 13.8 Å². The Morgan fingerprint density at radius 3 is 2.62 bits per heavy atom. The highest BCUT2D eigenvalue weighted by atomic mass is 32.2. The predicted octanol–water partition coefficient (Wildman–Crippen LogP) is 1.67. The van der Waals surface area contributed by atoms with E-state index in [2.05, 4.69) is 9.97 Å². The quantitative estimate of drug-likeness (QED) is 0.673. The number of hydrogen-bond acceptors (Lipinski definition) is 4. The molecule has 1 N–H and O–H groups in total. The van der Waals surface area contributed by atoms with Crippen LogP contribution in [0.25, 0.3) is 11.2 Å². The lowest BCUT2D eigenvalue weighted by Crippen LogP contribution is -2.29. The maximum Gasteiger partial charge on any atom is 0.329 e. The van der Waals surface area contributed by atoms with Gasteiger partial charge in [-0.3, -0.25) is 14.3 Å². The van der Waals surface area contributed by atoms with Crippen molar-refractivity contribution in [3.8, 4) is 0 Å². The standard InChI is InChI=1S/C14H18N4O2S/c1-4-6-8-18-10-11(15-14(18)21-9-7-5-2)17(3)13(20)16-12(10)19/h4-7H,8-9H2,1-3H3,(H,16,19,20). The van der Waals surface area contributed by atoms with Gasteiger partial charge in [-0.25, -0.2) is 9.78 Å². The fourth-order valence-electron chi connectivity index (χ4n) is 1.92. The Labute approximate surface area is 126 Å². The average molecular weight is 306 g/mol. The van der Waals surface area contributed by atoms with Gasteiger partial charge in [0.15, 0.2) is 16.3 Å². The molecule has 2 aromatic rings. The third kappa shape index (κ3) is 3.02. The zero-order valence-electron chi connectivity index (χ0n) is 12.3. The largest absolute Gasteiger partial charge is 0.329 e. The summed E-state index contributed by atoms with van der Waals surface area (Å²) >= 11 is 1.53. The van der Waals surface area contributed by atoms with Gasteiger partial charge in [-0.15, -0.1) is 0 Å². The first-order chi connectivity index (χ1) is 10.1. The molecule has 0 amide bonds. The van der Waals surface area contributed by atoms with Crippen LogP contribution in [0, 0.1) is 0 Å². The topological polar surface area (TPSA) is 72.7 Å². The van der Waals surface area contributed by atoms with E-state index in [9.17, 15) is 9.59 Å².